The Hall–Kier alpha value is -0.660. The number of hydrogen-bond acceptors (Lipinski definition) is 4. The van der Waals surface area contributed by atoms with Crippen molar-refractivity contribution in [2.24, 2.45) is 11.8 Å². The first-order valence-electron chi connectivity index (χ1n) is 7.72. The molecule has 0 radical (unpaired) electrons. The Kier molecular flexibility index (Phi) is 5.62. The van der Waals surface area contributed by atoms with Crippen LogP contribution < -0.4 is 0 Å². The predicted molar refractivity (Wildman–Crippen MR) is 78.5 cm³/mol. The Morgan fingerprint density at radius 2 is 1.95 bits per heavy atom. The normalized spacial score (nSPS) is 29.4. The minimum Gasteiger partial charge on any atom is -0.481 e. The molecule has 0 aromatic carbocycles. The van der Waals surface area contributed by atoms with Crippen LogP contribution in [0.5, 0.6) is 0 Å². The molecule has 0 aromatic rings. The number of ether oxygens (including phenoxy) is 1. The van der Waals surface area contributed by atoms with E-state index in [1.54, 1.807) is 6.92 Å². The largest absolute Gasteiger partial charge is 0.481 e. The van der Waals surface area contributed by atoms with Crippen molar-refractivity contribution in [3.05, 3.63) is 0 Å². The number of hydrogen-bond donors (Lipinski definition) is 1. The van der Waals surface area contributed by atoms with Gasteiger partial charge in [0.05, 0.1) is 11.7 Å². The Bertz CT molecular complexity index is 458. The maximum Gasteiger partial charge on any atom is 0.308 e. The number of carbonyl (C=O) groups is 1. The highest BCUT2D eigenvalue weighted by Crippen LogP contribution is 2.28. The molecular weight excluding hydrogens is 294 g/mol. The maximum absolute atomic E-state index is 12.5. The summed E-state index contributed by atoms with van der Waals surface area (Å²) >= 11 is 0. The monoisotopic (exact) mass is 319 g/mol. The molecular formula is C14H25NO5S. The van der Waals surface area contributed by atoms with Gasteiger partial charge in [-0.2, -0.15) is 4.31 Å². The fraction of sp³-hybridized carbons (Fsp3) is 0.929. The zero-order chi connectivity index (χ0) is 15.5. The molecule has 0 bridgehead atoms. The molecule has 2 rings (SSSR count). The van der Waals surface area contributed by atoms with E-state index in [2.05, 4.69) is 0 Å². The first-order valence-corrected chi connectivity index (χ1v) is 9.33. The summed E-state index contributed by atoms with van der Waals surface area (Å²) in [4.78, 5) is 11.2. The molecule has 7 heteroatoms. The van der Waals surface area contributed by atoms with Crippen molar-refractivity contribution in [2.75, 3.05) is 25.5 Å². The molecule has 0 aromatic heterocycles. The van der Waals surface area contributed by atoms with Gasteiger partial charge in [0, 0.05) is 25.8 Å². The van der Waals surface area contributed by atoms with Gasteiger partial charge in [-0.3, -0.25) is 4.79 Å². The minimum atomic E-state index is -3.37. The van der Waals surface area contributed by atoms with Crippen LogP contribution in [0.3, 0.4) is 0 Å². The Labute approximate surface area is 126 Å². The van der Waals surface area contributed by atoms with Gasteiger partial charge in [-0.1, -0.05) is 0 Å². The van der Waals surface area contributed by atoms with E-state index in [1.807, 2.05) is 0 Å². The number of carboxylic acids is 1. The molecule has 2 saturated heterocycles. The maximum atomic E-state index is 12.5. The first-order chi connectivity index (χ1) is 9.92. The van der Waals surface area contributed by atoms with Gasteiger partial charge in [0.15, 0.2) is 0 Å². The summed E-state index contributed by atoms with van der Waals surface area (Å²) in [5.74, 6) is -0.957. The van der Waals surface area contributed by atoms with Crippen LogP contribution >= 0.6 is 0 Å². The molecule has 0 unspecified atom stereocenters. The highest BCUT2D eigenvalue weighted by atomic mass is 32.2. The Balaban J connectivity index is 1.95. The molecule has 122 valence electrons. The Morgan fingerprint density at radius 3 is 2.57 bits per heavy atom. The smallest absolute Gasteiger partial charge is 0.308 e. The molecule has 0 amide bonds. The van der Waals surface area contributed by atoms with Crippen LogP contribution in [-0.4, -0.2) is 55.4 Å². The predicted octanol–water partition coefficient (Wildman–Crippen LogP) is 1.32. The van der Waals surface area contributed by atoms with E-state index in [0.29, 0.717) is 44.9 Å². The quantitative estimate of drug-likeness (QED) is 0.826. The van der Waals surface area contributed by atoms with Crippen LogP contribution in [0, 0.1) is 11.8 Å². The first kappa shape index (κ1) is 16.7. The highest BCUT2D eigenvalue weighted by Gasteiger charge is 2.38. The van der Waals surface area contributed by atoms with Crippen molar-refractivity contribution >= 4 is 16.0 Å². The Morgan fingerprint density at radius 1 is 1.29 bits per heavy atom. The number of rotatable bonds is 5. The van der Waals surface area contributed by atoms with Gasteiger partial charge in [-0.15, -0.1) is 0 Å². The van der Waals surface area contributed by atoms with Crippen LogP contribution in [0.2, 0.25) is 0 Å². The summed E-state index contributed by atoms with van der Waals surface area (Å²) in [7, 11) is -3.37. The zero-order valence-corrected chi connectivity index (χ0v) is 13.3. The summed E-state index contributed by atoms with van der Waals surface area (Å²) in [6.07, 6.45) is 3.67. The summed E-state index contributed by atoms with van der Waals surface area (Å²) in [6.45, 7) is 3.59. The zero-order valence-electron chi connectivity index (χ0n) is 12.5. The van der Waals surface area contributed by atoms with Gasteiger partial charge in [0.2, 0.25) is 10.0 Å². The molecule has 2 heterocycles. The molecule has 1 N–H and O–H groups in total. The van der Waals surface area contributed by atoms with E-state index in [1.165, 1.54) is 4.31 Å². The van der Waals surface area contributed by atoms with Crippen LogP contribution in [0.4, 0.5) is 0 Å². The molecule has 0 spiro atoms. The molecule has 6 nitrogen and oxygen atoms in total. The third kappa shape index (κ3) is 4.17. The summed E-state index contributed by atoms with van der Waals surface area (Å²) < 4.78 is 31.7. The van der Waals surface area contributed by atoms with Gasteiger partial charge in [0.25, 0.3) is 0 Å². The number of carboxylic acid groups (broad SMARTS) is 1. The van der Waals surface area contributed by atoms with Gasteiger partial charge in [-0.25, -0.2) is 8.42 Å². The molecule has 2 fully saturated rings. The molecule has 2 aliphatic heterocycles. The van der Waals surface area contributed by atoms with Crippen LogP contribution in [-0.2, 0) is 19.6 Å². The number of piperidine rings is 1. The third-order valence-corrected chi connectivity index (χ3v) is 6.71. The summed E-state index contributed by atoms with van der Waals surface area (Å²) in [5, 5.41) is 9.19. The van der Waals surface area contributed by atoms with Crippen molar-refractivity contribution in [1.29, 1.82) is 0 Å². The van der Waals surface area contributed by atoms with E-state index in [0.717, 1.165) is 12.8 Å². The second-order valence-electron chi connectivity index (χ2n) is 6.10. The number of nitrogens with zero attached hydrogens (tertiary/aromatic N) is 1. The van der Waals surface area contributed by atoms with Crippen LogP contribution in [0.25, 0.3) is 0 Å². The van der Waals surface area contributed by atoms with E-state index in [9.17, 15) is 18.3 Å². The van der Waals surface area contributed by atoms with Crippen molar-refractivity contribution in [3.8, 4) is 0 Å². The fourth-order valence-corrected chi connectivity index (χ4v) is 5.23. The van der Waals surface area contributed by atoms with E-state index < -0.39 is 28.0 Å². The third-order valence-electron chi connectivity index (χ3n) is 4.73. The summed E-state index contributed by atoms with van der Waals surface area (Å²) in [6, 6.07) is -0.448. The van der Waals surface area contributed by atoms with E-state index in [4.69, 9.17) is 4.74 Å². The van der Waals surface area contributed by atoms with Gasteiger partial charge >= 0.3 is 5.97 Å². The molecule has 2 aliphatic rings. The average Bonchev–Trinajstić information content (AvgIpc) is 2.46. The average molecular weight is 319 g/mol. The van der Waals surface area contributed by atoms with Crippen LogP contribution in [0.15, 0.2) is 0 Å². The number of sulfonamides is 1. The molecule has 0 saturated carbocycles. The summed E-state index contributed by atoms with van der Waals surface area (Å²) in [5.41, 5.74) is 0. The fourth-order valence-electron chi connectivity index (χ4n) is 3.30. The SMILES string of the molecule is C[C@@H]1[C@H](C(=O)O)CCCN1S(=O)(=O)CCC1CCOCC1. The minimum absolute atomic E-state index is 0.119. The lowest BCUT2D eigenvalue weighted by atomic mass is 9.92. The van der Waals surface area contributed by atoms with Crippen molar-refractivity contribution in [2.45, 2.75) is 45.1 Å². The van der Waals surface area contributed by atoms with Gasteiger partial charge in [0.1, 0.15) is 0 Å². The number of aliphatic carboxylic acids is 1. The molecule has 0 aliphatic carbocycles. The van der Waals surface area contributed by atoms with Crippen molar-refractivity contribution in [1.82, 2.24) is 4.31 Å². The van der Waals surface area contributed by atoms with Gasteiger partial charge < -0.3 is 9.84 Å². The lowest BCUT2D eigenvalue weighted by molar-refractivity contribution is -0.144. The second-order valence-corrected chi connectivity index (χ2v) is 8.14. The molecule has 21 heavy (non-hydrogen) atoms. The molecule has 2 atom stereocenters. The van der Waals surface area contributed by atoms with Gasteiger partial charge in [-0.05, 0) is 44.9 Å². The lowest BCUT2D eigenvalue weighted by Gasteiger charge is -2.36. The van der Waals surface area contributed by atoms with Crippen molar-refractivity contribution in [3.63, 3.8) is 0 Å². The second kappa shape index (κ2) is 7.07. The topological polar surface area (TPSA) is 83.9 Å². The van der Waals surface area contributed by atoms with Crippen molar-refractivity contribution < 1.29 is 23.1 Å². The standard InChI is InChI=1S/C14H25NO5S/c1-11-13(14(16)17)3-2-7-15(11)21(18,19)10-6-12-4-8-20-9-5-12/h11-13H,2-10H2,1H3,(H,16,17)/t11-,13-/m1/s1. The van der Waals surface area contributed by atoms with Crippen LogP contribution in [0.1, 0.15) is 39.0 Å². The van der Waals surface area contributed by atoms with E-state index >= 15 is 0 Å². The lowest BCUT2D eigenvalue weighted by Crippen LogP contribution is -2.49. The van der Waals surface area contributed by atoms with E-state index in [-0.39, 0.29) is 5.75 Å². The highest BCUT2D eigenvalue weighted by molar-refractivity contribution is 7.89.